The molecule has 0 unspecified atom stereocenters. The van der Waals surface area contributed by atoms with Gasteiger partial charge in [0, 0.05) is 16.9 Å². The molecule has 108 valence electrons. The van der Waals surface area contributed by atoms with Crippen LogP contribution in [0.3, 0.4) is 0 Å². The predicted molar refractivity (Wildman–Crippen MR) is 89.2 cm³/mol. The summed E-state index contributed by atoms with van der Waals surface area (Å²) in [7, 11) is 0. The van der Waals surface area contributed by atoms with E-state index in [1.165, 1.54) is 36.0 Å². The number of thioether (sulfide) groups is 1. The van der Waals surface area contributed by atoms with Crippen LogP contribution in [0.15, 0.2) is 48.5 Å². The lowest BCUT2D eigenvalue weighted by atomic mass is 10.1. The van der Waals surface area contributed by atoms with Crippen molar-refractivity contribution in [3.63, 3.8) is 0 Å². The molecule has 5 heteroatoms. The van der Waals surface area contributed by atoms with Crippen molar-refractivity contribution < 1.29 is 9.18 Å². The Morgan fingerprint density at radius 3 is 2.19 bits per heavy atom. The number of hydrogen-bond acceptors (Lipinski definition) is 3. The number of carbonyl (C=O) groups excluding carboxylic acids is 1. The SMILES string of the molecule is NC(=S)c1ccc(CSCC(=O)c2ccc(F)cc2)cc1. The van der Waals surface area contributed by atoms with Crippen LogP contribution in [-0.2, 0) is 5.75 Å². The van der Waals surface area contributed by atoms with E-state index in [1.807, 2.05) is 24.3 Å². The average molecular weight is 319 g/mol. The Morgan fingerprint density at radius 1 is 1.05 bits per heavy atom. The monoisotopic (exact) mass is 319 g/mol. The van der Waals surface area contributed by atoms with Crippen LogP contribution in [0.2, 0.25) is 0 Å². The molecule has 0 saturated carbocycles. The van der Waals surface area contributed by atoms with Crippen molar-refractivity contribution in [1.82, 2.24) is 0 Å². The zero-order valence-corrected chi connectivity index (χ0v) is 12.8. The van der Waals surface area contributed by atoms with Crippen LogP contribution in [0.1, 0.15) is 21.5 Å². The van der Waals surface area contributed by atoms with Gasteiger partial charge in [0.25, 0.3) is 0 Å². The van der Waals surface area contributed by atoms with E-state index in [1.54, 1.807) is 0 Å². The van der Waals surface area contributed by atoms with Gasteiger partial charge in [-0.25, -0.2) is 4.39 Å². The summed E-state index contributed by atoms with van der Waals surface area (Å²) in [6, 6.07) is 13.3. The fraction of sp³-hybridized carbons (Fsp3) is 0.125. The summed E-state index contributed by atoms with van der Waals surface area (Å²) in [4.78, 5) is 12.3. The van der Waals surface area contributed by atoms with E-state index in [-0.39, 0.29) is 11.6 Å². The molecular formula is C16H14FNOS2. The van der Waals surface area contributed by atoms with E-state index < -0.39 is 0 Å². The number of carbonyl (C=O) groups is 1. The molecule has 2 aromatic carbocycles. The molecule has 0 aliphatic rings. The molecule has 0 aliphatic heterocycles. The summed E-state index contributed by atoms with van der Waals surface area (Å²) in [6.45, 7) is 0. The van der Waals surface area contributed by atoms with Gasteiger partial charge in [0.2, 0.25) is 0 Å². The third-order valence-electron chi connectivity index (χ3n) is 2.91. The van der Waals surface area contributed by atoms with Gasteiger partial charge in [-0.15, -0.1) is 11.8 Å². The lowest BCUT2D eigenvalue weighted by Crippen LogP contribution is -2.08. The van der Waals surface area contributed by atoms with Gasteiger partial charge >= 0.3 is 0 Å². The first-order valence-corrected chi connectivity index (χ1v) is 7.88. The lowest BCUT2D eigenvalue weighted by molar-refractivity contribution is 0.102. The Kier molecular flexibility index (Phi) is 5.47. The zero-order chi connectivity index (χ0) is 15.2. The van der Waals surface area contributed by atoms with Crippen molar-refractivity contribution in [2.24, 2.45) is 5.73 Å². The third-order valence-corrected chi connectivity index (χ3v) is 4.15. The molecule has 0 saturated heterocycles. The quantitative estimate of drug-likeness (QED) is 0.653. The normalized spacial score (nSPS) is 10.3. The topological polar surface area (TPSA) is 43.1 Å². The van der Waals surface area contributed by atoms with Crippen LogP contribution < -0.4 is 5.73 Å². The number of Topliss-reactive ketones (excluding diaryl/α,β-unsaturated/α-hetero) is 1. The van der Waals surface area contributed by atoms with Gasteiger partial charge < -0.3 is 5.73 Å². The molecule has 21 heavy (non-hydrogen) atoms. The summed E-state index contributed by atoms with van der Waals surface area (Å²) in [5.41, 5.74) is 8.01. The molecule has 0 heterocycles. The van der Waals surface area contributed by atoms with E-state index >= 15 is 0 Å². The maximum Gasteiger partial charge on any atom is 0.172 e. The minimum atomic E-state index is -0.336. The summed E-state index contributed by atoms with van der Waals surface area (Å²) >= 11 is 6.41. The van der Waals surface area contributed by atoms with Gasteiger partial charge in [0.1, 0.15) is 10.8 Å². The van der Waals surface area contributed by atoms with Crippen LogP contribution in [0.4, 0.5) is 4.39 Å². The second-order valence-corrected chi connectivity index (χ2v) is 5.91. The van der Waals surface area contributed by atoms with Gasteiger partial charge in [0.05, 0.1) is 5.75 Å². The second kappa shape index (κ2) is 7.33. The van der Waals surface area contributed by atoms with E-state index in [2.05, 4.69) is 0 Å². The van der Waals surface area contributed by atoms with Gasteiger partial charge in [0.15, 0.2) is 5.78 Å². The number of benzene rings is 2. The Labute approximate surface area is 132 Å². The molecule has 0 aromatic heterocycles. The maximum atomic E-state index is 12.8. The smallest absolute Gasteiger partial charge is 0.172 e. The average Bonchev–Trinajstić information content (AvgIpc) is 2.48. The predicted octanol–water partition coefficient (Wildman–Crippen LogP) is 3.58. The first-order chi connectivity index (χ1) is 10.1. The molecule has 0 radical (unpaired) electrons. The van der Waals surface area contributed by atoms with Crippen LogP contribution in [0.5, 0.6) is 0 Å². The Balaban J connectivity index is 1.85. The van der Waals surface area contributed by atoms with E-state index in [9.17, 15) is 9.18 Å². The minimum Gasteiger partial charge on any atom is -0.389 e. The van der Waals surface area contributed by atoms with E-state index in [0.717, 1.165) is 16.9 Å². The zero-order valence-electron chi connectivity index (χ0n) is 11.2. The highest BCUT2D eigenvalue weighted by Gasteiger charge is 2.06. The first-order valence-electron chi connectivity index (χ1n) is 6.31. The standard InChI is InChI=1S/C16H14FNOS2/c17-14-7-5-12(6-8-14)15(19)10-21-9-11-1-3-13(4-2-11)16(18)20/h1-8H,9-10H2,(H2,18,20). The van der Waals surface area contributed by atoms with Crippen LogP contribution in [0.25, 0.3) is 0 Å². The molecule has 0 fully saturated rings. The van der Waals surface area contributed by atoms with Gasteiger partial charge in [-0.05, 0) is 29.8 Å². The highest BCUT2D eigenvalue weighted by Crippen LogP contribution is 2.15. The van der Waals surface area contributed by atoms with Crippen molar-refractivity contribution in [2.45, 2.75) is 5.75 Å². The van der Waals surface area contributed by atoms with Crippen molar-refractivity contribution in [3.8, 4) is 0 Å². The van der Waals surface area contributed by atoms with Gasteiger partial charge in [-0.3, -0.25) is 4.79 Å². The maximum absolute atomic E-state index is 12.8. The van der Waals surface area contributed by atoms with E-state index in [0.29, 0.717) is 16.3 Å². The first kappa shape index (κ1) is 15.7. The Morgan fingerprint density at radius 2 is 1.62 bits per heavy atom. The molecule has 2 aromatic rings. The second-order valence-electron chi connectivity index (χ2n) is 4.48. The minimum absolute atomic E-state index is 0.000226. The molecule has 0 amide bonds. The number of ketones is 1. The van der Waals surface area contributed by atoms with Crippen molar-refractivity contribution in [2.75, 3.05) is 5.75 Å². The van der Waals surface area contributed by atoms with E-state index in [4.69, 9.17) is 18.0 Å². The largest absolute Gasteiger partial charge is 0.389 e. The summed E-state index contributed by atoms with van der Waals surface area (Å²) in [5.74, 6) is 0.754. The molecule has 2 nitrogen and oxygen atoms in total. The Bertz CT molecular complexity index is 638. The van der Waals surface area contributed by atoms with Gasteiger partial charge in [-0.1, -0.05) is 36.5 Å². The molecule has 0 aliphatic carbocycles. The number of halogens is 1. The van der Waals surface area contributed by atoms with Crippen LogP contribution in [0, 0.1) is 5.82 Å². The molecular weight excluding hydrogens is 305 g/mol. The van der Waals surface area contributed by atoms with Crippen molar-refractivity contribution in [1.29, 1.82) is 0 Å². The van der Waals surface area contributed by atoms with Crippen molar-refractivity contribution in [3.05, 3.63) is 71.0 Å². The third kappa shape index (κ3) is 4.65. The highest BCUT2D eigenvalue weighted by atomic mass is 32.2. The van der Waals surface area contributed by atoms with Crippen LogP contribution in [-0.4, -0.2) is 16.5 Å². The number of thiocarbonyl (C=S) groups is 1. The lowest BCUT2D eigenvalue weighted by Gasteiger charge is -2.04. The fourth-order valence-corrected chi connectivity index (χ4v) is 2.76. The molecule has 2 rings (SSSR count). The molecule has 0 bridgehead atoms. The number of nitrogens with two attached hydrogens (primary N) is 1. The number of hydrogen-bond donors (Lipinski definition) is 1. The summed E-state index contributed by atoms with van der Waals surface area (Å²) in [5, 5.41) is 0. The Hall–Kier alpha value is -1.72. The fourth-order valence-electron chi connectivity index (χ4n) is 1.75. The summed E-state index contributed by atoms with van der Waals surface area (Å²) in [6.07, 6.45) is 0. The van der Waals surface area contributed by atoms with Crippen molar-refractivity contribution >= 4 is 34.8 Å². The van der Waals surface area contributed by atoms with Crippen LogP contribution >= 0.6 is 24.0 Å². The molecule has 0 atom stereocenters. The number of rotatable bonds is 6. The molecule has 2 N–H and O–H groups in total. The summed E-state index contributed by atoms with van der Waals surface area (Å²) < 4.78 is 12.8. The van der Waals surface area contributed by atoms with Gasteiger partial charge in [-0.2, -0.15) is 0 Å². The highest BCUT2D eigenvalue weighted by molar-refractivity contribution is 7.99. The molecule has 0 spiro atoms.